The first-order valence-corrected chi connectivity index (χ1v) is 12.4. The maximum Gasteiger partial charge on any atom is 0.252 e. The van der Waals surface area contributed by atoms with Gasteiger partial charge in [0.2, 0.25) is 0 Å². The Morgan fingerprint density at radius 2 is 1.54 bits per heavy atom. The molecule has 1 atom stereocenters. The van der Waals surface area contributed by atoms with Crippen LogP contribution in [0, 0.1) is 5.82 Å². The number of benzene rings is 3. The first-order chi connectivity index (χ1) is 16.6. The van der Waals surface area contributed by atoms with Gasteiger partial charge in [0.15, 0.2) is 0 Å². The van der Waals surface area contributed by atoms with Gasteiger partial charge < -0.3 is 4.98 Å². The summed E-state index contributed by atoms with van der Waals surface area (Å²) < 4.78 is 13.6. The number of pyridine rings is 1. The Kier molecular flexibility index (Phi) is 7.23. The first kappa shape index (κ1) is 24.9. The number of nitrogens with one attached hydrogen (secondary N) is 1. The molecular formula is C31H35FN2O. The number of aryl methyl sites for hydroxylation is 1. The maximum atomic E-state index is 13.6. The predicted octanol–water partition coefficient (Wildman–Crippen LogP) is 7.29. The highest BCUT2D eigenvalue weighted by molar-refractivity contribution is 5.79. The summed E-state index contributed by atoms with van der Waals surface area (Å²) in [6.45, 7) is 12.0. The largest absolute Gasteiger partial charge is 0.322 e. The van der Waals surface area contributed by atoms with Crippen molar-refractivity contribution in [2.45, 2.75) is 65.6 Å². The van der Waals surface area contributed by atoms with Crippen molar-refractivity contribution in [3.63, 3.8) is 0 Å². The van der Waals surface area contributed by atoms with Crippen LogP contribution in [-0.2, 0) is 24.9 Å². The third kappa shape index (κ3) is 5.88. The molecule has 1 aromatic heterocycles. The van der Waals surface area contributed by atoms with E-state index in [1.54, 1.807) is 0 Å². The minimum atomic E-state index is -0.247. The van der Waals surface area contributed by atoms with Gasteiger partial charge in [-0.25, -0.2) is 4.39 Å². The van der Waals surface area contributed by atoms with Crippen LogP contribution in [0.4, 0.5) is 4.39 Å². The van der Waals surface area contributed by atoms with Gasteiger partial charge in [-0.05, 0) is 76.7 Å². The molecule has 0 spiro atoms. The van der Waals surface area contributed by atoms with Gasteiger partial charge in [-0.3, -0.25) is 9.69 Å². The fraction of sp³-hybridized carbons (Fsp3) is 0.323. The van der Waals surface area contributed by atoms with Crippen LogP contribution in [0.3, 0.4) is 0 Å². The Morgan fingerprint density at radius 1 is 0.886 bits per heavy atom. The van der Waals surface area contributed by atoms with Crippen LogP contribution in [-0.4, -0.2) is 9.88 Å². The smallest absolute Gasteiger partial charge is 0.252 e. The van der Waals surface area contributed by atoms with Crippen molar-refractivity contribution in [3.8, 4) is 0 Å². The summed E-state index contributed by atoms with van der Waals surface area (Å²) >= 11 is 0. The number of fused-ring (bicyclic) bond motifs is 1. The number of aromatic amines is 1. The van der Waals surface area contributed by atoms with Crippen LogP contribution in [0.25, 0.3) is 10.9 Å². The summed E-state index contributed by atoms with van der Waals surface area (Å²) in [5.74, 6) is -0.247. The molecule has 3 aromatic carbocycles. The van der Waals surface area contributed by atoms with Crippen LogP contribution < -0.4 is 5.56 Å². The van der Waals surface area contributed by atoms with Crippen LogP contribution >= 0.6 is 0 Å². The van der Waals surface area contributed by atoms with Gasteiger partial charge in [-0.1, -0.05) is 70.2 Å². The second kappa shape index (κ2) is 10.2. The SMILES string of the molecule is CCc1ccc2[nH]c(=O)c(CN(Cc3ccc(C(C)(C)C)cc3)[C@H](C)c3ccc(F)cc3)cc2c1. The van der Waals surface area contributed by atoms with Crippen molar-refractivity contribution in [2.24, 2.45) is 0 Å². The van der Waals surface area contributed by atoms with E-state index in [2.05, 4.69) is 80.9 Å². The van der Waals surface area contributed by atoms with E-state index in [4.69, 9.17) is 0 Å². The normalized spacial score (nSPS) is 12.9. The van der Waals surface area contributed by atoms with E-state index in [1.165, 1.54) is 28.8 Å². The van der Waals surface area contributed by atoms with Crippen molar-refractivity contribution in [2.75, 3.05) is 0 Å². The van der Waals surface area contributed by atoms with Crippen molar-refractivity contribution >= 4 is 10.9 Å². The van der Waals surface area contributed by atoms with Crippen molar-refractivity contribution in [3.05, 3.63) is 117 Å². The molecule has 0 fully saturated rings. The number of nitrogens with zero attached hydrogens (tertiary/aromatic N) is 1. The zero-order valence-corrected chi connectivity index (χ0v) is 21.4. The second-order valence-electron chi connectivity index (χ2n) is 10.5. The van der Waals surface area contributed by atoms with Gasteiger partial charge in [-0.2, -0.15) is 0 Å². The summed E-state index contributed by atoms with van der Waals surface area (Å²) in [6.07, 6.45) is 0.947. The number of aromatic nitrogens is 1. The quantitative estimate of drug-likeness (QED) is 0.308. The third-order valence-corrected chi connectivity index (χ3v) is 6.87. The number of H-pyrrole nitrogens is 1. The van der Waals surface area contributed by atoms with Crippen LogP contribution in [0.2, 0.25) is 0 Å². The third-order valence-electron chi connectivity index (χ3n) is 6.87. The lowest BCUT2D eigenvalue weighted by Crippen LogP contribution is -2.29. The van der Waals surface area contributed by atoms with Crippen molar-refractivity contribution in [1.82, 2.24) is 9.88 Å². The van der Waals surface area contributed by atoms with E-state index in [1.807, 2.05) is 24.3 Å². The zero-order chi connectivity index (χ0) is 25.2. The minimum Gasteiger partial charge on any atom is -0.322 e. The summed E-state index contributed by atoms with van der Waals surface area (Å²) in [6, 6.07) is 23.6. The van der Waals surface area contributed by atoms with E-state index in [0.29, 0.717) is 13.1 Å². The van der Waals surface area contributed by atoms with Crippen LogP contribution in [0.5, 0.6) is 0 Å². The lowest BCUT2D eigenvalue weighted by molar-refractivity contribution is 0.191. The molecule has 1 heterocycles. The second-order valence-corrected chi connectivity index (χ2v) is 10.5. The van der Waals surface area contributed by atoms with E-state index in [-0.39, 0.29) is 22.8 Å². The van der Waals surface area contributed by atoms with Crippen molar-refractivity contribution in [1.29, 1.82) is 0 Å². The fourth-order valence-corrected chi connectivity index (χ4v) is 4.48. The molecule has 0 aliphatic heterocycles. The number of hydrogen-bond donors (Lipinski definition) is 1. The topological polar surface area (TPSA) is 36.1 Å². The van der Waals surface area contributed by atoms with Gasteiger partial charge >= 0.3 is 0 Å². The van der Waals surface area contributed by atoms with E-state index in [9.17, 15) is 9.18 Å². The van der Waals surface area contributed by atoms with Crippen molar-refractivity contribution < 1.29 is 4.39 Å². The number of halogens is 1. The monoisotopic (exact) mass is 470 g/mol. The minimum absolute atomic E-state index is 0.00466. The molecule has 0 saturated carbocycles. The molecule has 4 heteroatoms. The first-order valence-electron chi connectivity index (χ1n) is 12.4. The van der Waals surface area contributed by atoms with Gasteiger partial charge in [0.05, 0.1) is 0 Å². The summed E-state index contributed by atoms with van der Waals surface area (Å²) in [4.78, 5) is 18.3. The lowest BCUT2D eigenvalue weighted by Gasteiger charge is -2.30. The van der Waals surface area contributed by atoms with Crippen LogP contribution in [0.1, 0.15) is 68.5 Å². The molecule has 0 saturated heterocycles. The molecule has 4 rings (SSSR count). The molecule has 0 radical (unpaired) electrons. The highest BCUT2D eigenvalue weighted by atomic mass is 19.1. The lowest BCUT2D eigenvalue weighted by atomic mass is 9.86. The van der Waals surface area contributed by atoms with E-state index in [0.717, 1.165) is 28.5 Å². The molecule has 4 aromatic rings. The summed E-state index contributed by atoms with van der Waals surface area (Å²) in [5.41, 5.74) is 6.33. The Hall–Kier alpha value is -3.24. The molecule has 0 amide bonds. The van der Waals surface area contributed by atoms with Gasteiger partial charge in [0, 0.05) is 30.2 Å². The molecule has 35 heavy (non-hydrogen) atoms. The fourth-order valence-electron chi connectivity index (χ4n) is 4.48. The molecule has 0 aliphatic rings. The predicted molar refractivity (Wildman–Crippen MR) is 143 cm³/mol. The Labute approximate surface area is 207 Å². The van der Waals surface area contributed by atoms with Gasteiger partial charge in [-0.15, -0.1) is 0 Å². The highest BCUT2D eigenvalue weighted by Gasteiger charge is 2.20. The molecule has 0 aliphatic carbocycles. The Morgan fingerprint density at radius 3 is 2.17 bits per heavy atom. The highest BCUT2D eigenvalue weighted by Crippen LogP contribution is 2.27. The number of hydrogen-bond acceptors (Lipinski definition) is 2. The van der Waals surface area contributed by atoms with Gasteiger partial charge in [0.25, 0.3) is 5.56 Å². The Bertz CT molecular complexity index is 1350. The van der Waals surface area contributed by atoms with Crippen LogP contribution in [0.15, 0.2) is 77.6 Å². The standard InChI is InChI=1S/C31H35FN2O/c1-6-22-9-16-29-25(17-22)18-26(30(35)33-29)20-34(21(2)24-10-14-28(32)15-11-24)19-23-7-12-27(13-8-23)31(3,4)5/h7-18,21H,6,19-20H2,1-5H3,(H,33,35)/t21-/m1/s1. The Balaban J connectivity index is 1.69. The van der Waals surface area contributed by atoms with Gasteiger partial charge in [0.1, 0.15) is 5.82 Å². The average molecular weight is 471 g/mol. The van der Waals surface area contributed by atoms with E-state index < -0.39 is 0 Å². The summed E-state index contributed by atoms with van der Waals surface area (Å²) in [5, 5.41) is 1.04. The molecule has 3 nitrogen and oxygen atoms in total. The van der Waals surface area contributed by atoms with E-state index >= 15 is 0 Å². The average Bonchev–Trinajstić information content (AvgIpc) is 2.83. The zero-order valence-electron chi connectivity index (χ0n) is 21.4. The molecular weight excluding hydrogens is 435 g/mol. The maximum absolute atomic E-state index is 13.6. The molecule has 182 valence electrons. The number of rotatable bonds is 7. The summed E-state index contributed by atoms with van der Waals surface area (Å²) in [7, 11) is 0. The molecule has 0 bridgehead atoms. The molecule has 0 unspecified atom stereocenters. The molecule has 1 N–H and O–H groups in total.